The summed E-state index contributed by atoms with van der Waals surface area (Å²) in [6.07, 6.45) is 0. The Bertz CT molecular complexity index is 913. The van der Waals surface area contributed by atoms with Gasteiger partial charge in [-0.25, -0.2) is 4.79 Å². The van der Waals surface area contributed by atoms with Gasteiger partial charge in [-0.3, -0.25) is 9.59 Å². The first-order valence-electron chi connectivity index (χ1n) is 8.47. The van der Waals surface area contributed by atoms with Crippen molar-refractivity contribution in [2.24, 2.45) is 0 Å². The molecule has 7 heteroatoms. The SMILES string of the molecule is Cc1ccc(NC(=O)C2CSCN2C(=O)c2cccc(C(=O)O)c2)c(C)c1. The van der Waals surface area contributed by atoms with Crippen molar-refractivity contribution in [3.8, 4) is 0 Å². The predicted molar refractivity (Wildman–Crippen MR) is 105 cm³/mol. The molecule has 6 nitrogen and oxygen atoms in total. The number of aryl methyl sites for hydroxylation is 2. The van der Waals surface area contributed by atoms with Gasteiger partial charge in [0.25, 0.3) is 5.91 Å². The van der Waals surface area contributed by atoms with Crippen LogP contribution in [0, 0.1) is 13.8 Å². The van der Waals surface area contributed by atoms with E-state index in [4.69, 9.17) is 5.11 Å². The van der Waals surface area contributed by atoms with Crippen molar-refractivity contribution in [2.75, 3.05) is 16.9 Å². The monoisotopic (exact) mass is 384 g/mol. The van der Waals surface area contributed by atoms with E-state index in [-0.39, 0.29) is 22.9 Å². The highest BCUT2D eigenvalue weighted by Gasteiger charge is 2.35. The minimum absolute atomic E-state index is 0.0454. The second kappa shape index (κ2) is 7.84. The molecule has 1 heterocycles. The van der Waals surface area contributed by atoms with Crippen LogP contribution in [-0.4, -0.2) is 45.5 Å². The molecule has 1 aliphatic rings. The number of carboxylic acid groups (broad SMARTS) is 1. The molecule has 2 aromatic rings. The van der Waals surface area contributed by atoms with Crippen LogP contribution in [0.5, 0.6) is 0 Å². The Morgan fingerprint density at radius 3 is 2.56 bits per heavy atom. The fourth-order valence-electron chi connectivity index (χ4n) is 2.98. The Kier molecular flexibility index (Phi) is 5.51. The molecule has 1 aliphatic heterocycles. The van der Waals surface area contributed by atoms with Crippen LogP contribution in [0.3, 0.4) is 0 Å². The molecular weight excluding hydrogens is 364 g/mol. The Balaban J connectivity index is 1.78. The normalized spacial score (nSPS) is 16.2. The average molecular weight is 384 g/mol. The molecule has 2 N–H and O–H groups in total. The van der Waals surface area contributed by atoms with E-state index < -0.39 is 12.0 Å². The molecular formula is C20H20N2O4S. The smallest absolute Gasteiger partial charge is 0.335 e. The summed E-state index contributed by atoms with van der Waals surface area (Å²) in [4.78, 5) is 38.2. The summed E-state index contributed by atoms with van der Waals surface area (Å²) in [6, 6.07) is 11.0. The maximum atomic E-state index is 12.8. The zero-order valence-electron chi connectivity index (χ0n) is 15.1. The van der Waals surface area contributed by atoms with Gasteiger partial charge in [-0.15, -0.1) is 11.8 Å². The number of nitrogens with one attached hydrogen (secondary N) is 1. The number of benzene rings is 2. The van der Waals surface area contributed by atoms with Gasteiger partial charge in [-0.1, -0.05) is 23.8 Å². The van der Waals surface area contributed by atoms with E-state index in [9.17, 15) is 14.4 Å². The van der Waals surface area contributed by atoms with Gasteiger partial charge in [0.15, 0.2) is 0 Å². The van der Waals surface area contributed by atoms with E-state index in [2.05, 4.69) is 5.32 Å². The van der Waals surface area contributed by atoms with Gasteiger partial charge < -0.3 is 15.3 Å². The number of carbonyl (C=O) groups is 3. The van der Waals surface area contributed by atoms with E-state index in [1.807, 2.05) is 32.0 Å². The number of carbonyl (C=O) groups excluding carboxylic acids is 2. The van der Waals surface area contributed by atoms with Gasteiger partial charge in [-0.2, -0.15) is 0 Å². The number of amides is 2. The van der Waals surface area contributed by atoms with Gasteiger partial charge in [-0.05, 0) is 43.7 Å². The zero-order valence-corrected chi connectivity index (χ0v) is 15.9. The quantitative estimate of drug-likeness (QED) is 0.846. The Morgan fingerprint density at radius 2 is 1.85 bits per heavy atom. The molecule has 1 unspecified atom stereocenters. The third-order valence-electron chi connectivity index (χ3n) is 4.44. The summed E-state index contributed by atoms with van der Waals surface area (Å²) in [6.45, 7) is 3.91. The fraction of sp³-hybridized carbons (Fsp3) is 0.250. The molecule has 0 spiro atoms. The number of anilines is 1. The van der Waals surface area contributed by atoms with Gasteiger partial charge in [0.2, 0.25) is 5.91 Å². The van der Waals surface area contributed by atoms with Crippen LogP contribution in [0.1, 0.15) is 31.8 Å². The average Bonchev–Trinajstić information content (AvgIpc) is 3.13. The third-order valence-corrected chi connectivity index (χ3v) is 5.45. The molecule has 0 bridgehead atoms. The van der Waals surface area contributed by atoms with Crippen LogP contribution in [0.25, 0.3) is 0 Å². The van der Waals surface area contributed by atoms with E-state index in [1.165, 1.54) is 34.9 Å². The van der Waals surface area contributed by atoms with E-state index in [0.29, 0.717) is 11.6 Å². The number of thioether (sulfide) groups is 1. The lowest BCUT2D eigenvalue weighted by Crippen LogP contribution is -2.44. The molecule has 1 atom stereocenters. The summed E-state index contributed by atoms with van der Waals surface area (Å²) in [5.41, 5.74) is 3.10. The number of rotatable bonds is 4. The molecule has 0 aromatic heterocycles. The Hall–Kier alpha value is -2.80. The summed E-state index contributed by atoms with van der Waals surface area (Å²) in [5.74, 6) is -0.787. The Morgan fingerprint density at radius 1 is 1.11 bits per heavy atom. The first-order valence-corrected chi connectivity index (χ1v) is 9.62. The topological polar surface area (TPSA) is 86.7 Å². The standard InChI is InChI=1S/C20H20N2O4S/c1-12-6-7-16(13(2)8-12)21-18(23)17-10-27-11-22(17)19(24)14-4-3-5-15(9-14)20(25)26/h3-9,17H,10-11H2,1-2H3,(H,21,23)(H,25,26). The molecule has 0 radical (unpaired) electrons. The zero-order chi connectivity index (χ0) is 19.6. The highest BCUT2D eigenvalue weighted by Crippen LogP contribution is 2.25. The van der Waals surface area contributed by atoms with Crippen LogP contribution in [-0.2, 0) is 4.79 Å². The summed E-state index contributed by atoms with van der Waals surface area (Å²) in [7, 11) is 0. The molecule has 2 amide bonds. The van der Waals surface area contributed by atoms with Crippen molar-refractivity contribution in [1.29, 1.82) is 0 Å². The first kappa shape index (κ1) is 19.0. The lowest BCUT2D eigenvalue weighted by atomic mass is 10.1. The number of hydrogen-bond acceptors (Lipinski definition) is 4. The van der Waals surface area contributed by atoms with Crippen LogP contribution in [0.2, 0.25) is 0 Å². The minimum Gasteiger partial charge on any atom is -0.478 e. The molecule has 1 saturated heterocycles. The summed E-state index contributed by atoms with van der Waals surface area (Å²) in [5, 5.41) is 12.0. The minimum atomic E-state index is -1.09. The van der Waals surface area contributed by atoms with Gasteiger partial charge >= 0.3 is 5.97 Å². The van der Waals surface area contributed by atoms with Crippen molar-refractivity contribution in [2.45, 2.75) is 19.9 Å². The second-order valence-corrected chi connectivity index (χ2v) is 7.48. The number of nitrogens with zero attached hydrogens (tertiary/aromatic N) is 1. The molecule has 0 saturated carbocycles. The van der Waals surface area contributed by atoms with E-state index in [1.54, 1.807) is 6.07 Å². The second-order valence-electron chi connectivity index (χ2n) is 6.48. The number of aromatic carboxylic acids is 1. The number of carboxylic acids is 1. The van der Waals surface area contributed by atoms with Gasteiger partial charge in [0.05, 0.1) is 11.4 Å². The summed E-state index contributed by atoms with van der Waals surface area (Å²) >= 11 is 1.50. The molecule has 140 valence electrons. The molecule has 0 aliphatic carbocycles. The Labute approximate surface area is 161 Å². The van der Waals surface area contributed by atoms with Crippen LogP contribution >= 0.6 is 11.8 Å². The van der Waals surface area contributed by atoms with Crippen molar-refractivity contribution < 1.29 is 19.5 Å². The largest absolute Gasteiger partial charge is 0.478 e. The molecule has 3 rings (SSSR count). The van der Waals surface area contributed by atoms with Crippen LogP contribution in [0.15, 0.2) is 42.5 Å². The fourth-order valence-corrected chi connectivity index (χ4v) is 4.13. The van der Waals surface area contributed by atoms with Crippen molar-refractivity contribution in [3.05, 3.63) is 64.7 Å². The highest BCUT2D eigenvalue weighted by atomic mass is 32.2. The third kappa shape index (κ3) is 4.14. The molecule has 1 fully saturated rings. The first-order chi connectivity index (χ1) is 12.9. The maximum Gasteiger partial charge on any atom is 0.335 e. The summed E-state index contributed by atoms with van der Waals surface area (Å²) < 4.78 is 0. The lowest BCUT2D eigenvalue weighted by Gasteiger charge is -2.23. The molecule has 27 heavy (non-hydrogen) atoms. The lowest BCUT2D eigenvalue weighted by molar-refractivity contribution is -0.119. The van der Waals surface area contributed by atoms with E-state index in [0.717, 1.165) is 16.8 Å². The highest BCUT2D eigenvalue weighted by molar-refractivity contribution is 7.99. The van der Waals surface area contributed by atoms with Gasteiger partial charge in [0, 0.05) is 17.0 Å². The maximum absolute atomic E-state index is 12.8. The predicted octanol–water partition coefficient (Wildman–Crippen LogP) is 3.16. The van der Waals surface area contributed by atoms with E-state index >= 15 is 0 Å². The van der Waals surface area contributed by atoms with Gasteiger partial charge in [0.1, 0.15) is 6.04 Å². The van der Waals surface area contributed by atoms with Crippen LogP contribution < -0.4 is 5.32 Å². The molecule has 2 aromatic carbocycles. The number of hydrogen-bond donors (Lipinski definition) is 2. The van der Waals surface area contributed by atoms with Crippen molar-refractivity contribution in [1.82, 2.24) is 4.90 Å². The van der Waals surface area contributed by atoms with Crippen LogP contribution in [0.4, 0.5) is 5.69 Å². The van der Waals surface area contributed by atoms with Crippen molar-refractivity contribution in [3.63, 3.8) is 0 Å². The van der Waals surface area contributed by atoms with Crippen molar-refractivity contribution >= 4 is 35.2 Å².